The number of amides is 2. The maximum Gasteiger partial charge on any atom is 0.234 e. The summed E-state index contributed by atoms with van der Waals surface area (Å²) in [6.45, 7) is 0.210. The molecule has 0 bridgehead atoms. The summed E-state index contributed by atoms with van der Waals surface area (Å²) >= 11 is 0. The molecule has 28 heavy (non-hydrogen) atoms. The second-order valence-corrected chi connectivity index (χ2v) is 7.52. The van der Waals surface area contributed by atoms with E-state index in [0.717, 1.165) is 11.1 Å². The average molecular weight is 378 g/mol. The van der Waals surface area contributed by atoms with Crippen LogP contribution in [0.15, 0.2) is 66.7 Å². The third-order valence-corrected chi connectivity index (χ3v) is 5.71. The quantitative estimate of drug-likeness (QED) is 0.588. The zero-order chi connectivity index (χ0) is 19.7. The van der Waals surface area contributed by atoms with Crippen LogP contribution in [0.4, 0.5) is 4.39 Å². The Morgan fingerprint density at radius 3 is 2.04 bits per heavy atom. The predicted octanol–water partition coefficient (Wildman–Crippen LogP) is 3.76. The monoisotopic (exact) mass is 378 g/mol. The van der Waals surface area contributed by atoms with Crippen LogP contribution in [-0.2, 0) is 9.59 Å². The van der Waals surface area contributed by atoms with E-state index in [-0.39, 0.29) is 42.2 Å². The second kappa shape index (κ2) is 7.68. The minimum absolute atomic E-state index is 0.0860. The molecule has 2 aromatic rings. The summed E-state index contributed by atoms with van der Waals surface area (Å²) in [5.41, 5.74) is 1.93. The van der Waals surface area contributed by atoms with E-state index in [1.807, 2.05) is 54.4 Å². The van der Waals surface area contributed by atoms with Crippen LogP contribution in [0.2, 0.25) is 0 Å². The molecule has 144 valence electrons. The van der Waals surface area contributed by atoms with Crippen LogP contribution in [0.25, 0.3) is 0 Å². The molecule has 1 aliphatic heterocycles. The van der Waals surface area contributed by atoms with E-state index in [0.29, 0.717) is 12.8 Å². The Morgan fingerprint density at radius 2 is 1.46 bits per heavy atom. The highest BCUT2D eigenvalue weighted by molar-refractivity contribution is 6.05. The molecule has 4 nitrogen and oxygen atoms in total. The molecule has 1 fully saturated rings. The third kappa shape index (κ3) is 3.38. The van der Waals surface area contributed by atoms with E-state index in [4.69, 9.17) is 0 Å². The van der Waals surface area contributed by atoms with E-state index in [1.54, 1.807) is 12.1 Å². The molecule has 3 unspecified atom stereocenters. The number of rotatable bonds is 5. The van der Waals surface area contributed by atoms with Gasteiger partial charge in [-0.2, -0.15) is 0 Å². The highest BCUT2D eigenvalue weighted by Gasteiger charge is 2.47. The molecule has 2 aliphatic rings. The molecule has 1 saturated heterocycles. The van der Waals surface area contributed by atoms with Crippen molar-refractivity contribution in [3.8, 4) is 0 Å². The van der Waals surface area contributed by atoms with Gasteiger partial charge in [0, 0.05) is 0 Å². The predicted molar refractivity (Wildman–Crippen MR) is 105 cm³/mol. The fourth-order valence-corrected chi connectivity index (χ4v) is 4.29. The highest BCUT2D eigenvalue weighted by atomic mass is 19.1. The standard InChI is InChI=1S/C23H23FN2O2/c1-25(15-26-22(27)19-9-5-6-10-20(19)23(26)28)21(16-7-3-2-4-8-16)17-11-13-18(24)14-12-17/h2-8,11-14,19-21H,9-10,15H2,1H3. The van der Waals surface area contributed by atoms with Crippen molar-refractivity contribution in [2.24, 2.45) is 11.8 Å². The molecule has 2 amide bonds. The topological polar surface area (TPSA) is 40.6 Å². The van der Waals surface area contributed by atoms with Gasteiger partial charge in [-0.1, -0.05) is 54.6 Å². The first-order chi connectivity index (χ1) is 13.6. The molecular formula is C23H23FN2O2. The molecule has 0 N–H and O–H groups in total. The van der Waals surface area contributed by atoms with Gasteiger partial charge in [-0.05, 0) is 43.1 Å². The van der Waals surface area contributed by atoms with Gasteiger partial charge in [0.25, 0.3) is 0 Å². The Kier molecular flexibility index (Phi) is 5.09. The lowest BCUT2D eigenvalue weighted by Crippen LogP contribution is -2.42. The zero-order valence-corrected chi connectivity index (χ0v) is 15.8. The normalized spacial score (nSPS) is 22.6. The first-order valence-corrected chi connectivity index (χ1v) is 9.57. The van der Waals surface area contributed by atoms with Crippen LogP contribution in [0, 0.1) is 17.7 Å². The van der Waals surface area contributed by atoms with Crippen LogP contribution in [0.3, 0.4) is 0 Å². The lowest BCUT2D eigenvalue weighted by atomic mass is 9.85. The van der Waals surface area contributed by atoms with Crippen LogP contribution in [0.5, 0.6) is 0 Å². The first-order valence-electron chi connectivity index (χ1n) is 9.57. The van der Waals surface area contributed by atoms with Gasteiger partial charge in [-0.25, -0.2) is 4.39 Å². The Bertz CT molecular complexity index is 869. The van der Waals surface area contributed by atoms with Gasteiger partial charge in [0.05, 0.1) is 24.5 Å². The number of nitrogens with zero attached hydrogens (tertiary/aromatic N) is 2. The molecule has 0 spiro atoms. The molecule has 1 aliphatic carbocycles. The van der Waals surface area contributed by atoms with Gasteiger partial charge in [0.1, 0.15) is 5.82 Å². The number of hydrogen-bond acceptors (Lipinski definition) is 3. The van der Waals surface area contributed by atoms with Gasteiger partial charge in [0.15, 0.2) is 0 Å². The van der Waals surface area contributed by atoms with Gasteiger partial charge in [0.2, 0.25) is 11.8 Å². The SMILES string of the molecule is CN(CN1C(=O)C2CC=CCC2C1=O)C(c1ccccc1)c1ccc(F)cc1. The van der Waals surface area contributed by atoms with E-state index in [9.17, 15) is 14.0 Å². The number of allylic oxidation sites excluding steroid dienone is 2. The van der Waals surface area contributed by atoms with Crippen LogP contribution in [-0.4, -0.2) is 35.3 Å². The van der Waals surface area contributed by atoms with Crippen molar-refractivity contribution < 1.29 is 14.0 Å². The molecule has 1 heterocycles. The smallest absolute Gasteiger partial charge is 0.234 e. The van der Waals surface area contributed by atoms with E-state index in [1.165, 1.54) is 17.0 Å². The molecule has 0 saturated carbocycles. The summed E-state index contributed by atoms with van der Waals surface area (Å²) < 4.78 is 13.4. The maximum atomic E-state index is 13.4. The number of carbonyl (C=O) groups excluding carboxylic acids is 2. The average Bonchev–Trinajstić information content (AvgIpc) is 2.96. The number of carbonyl (C=O) groups is 2. The van der Waals surface area contributed by atoms with Crippen LogP contribution in [0.1, 0.15) is 30.0 Å². The van der Waals surface area contributed by atoms with Gasteiger partial charge < -0.3 is 0 Å². The van der Waals surface area contributed by atoms with Gasteiger partial charge in [-0.15, -0.1) is 0 Å². The second-order valence-electron chi connectivity index (χ2n) is 7.52. The first kappa shape index (κ1) is 18.6. The van der Waals surface area contributed by atoms with E-state index in [2.05, 4.69) is 0 Å². The fraction of sp³-hybridized carbons (Fsp3) is 0.304. The van der Waals surface area contributed by atoms with E-state index >= 15 is 0 Å². The summed E-state index contributed by atoms with van der Waals surface area (Å²) in [5, 5.41) is 0. The maximum absolute atomic E-state index is 13.4. The van der Waals surface area contributed by atoms with Crippen molar-refractivity contribution in [2.75, 3.05) is 13.7 Å². The molecule has 0 aromatic heterocycles. The van der Waals surface area contributed by atoms with Gasteiger partial charge in [-0.3, -0.25) is 19.4 Å². The number of imide groups is 1. The lowest BCUT2D eigenvalue weighted by molar-refractivity contribution is -0.142. The Hall–Kier alpha value is -2.79. The van der Waals surface area contributed by atoms with Crippen molar-refractivity contribution in [3.63, 3.8) is 0 Å². The number of hydrogen-bond donors (Lipinski definition) is 0. The Labute approximate surface area is 164 Å². The number of benzene rings is 2. The van der Waals surface area contributed by atoms with Gasteiger partial charge >= 0.3 is 0 Å². The third-order valence-electron chi connectivity index (χ3n) is 5.71. The van der Waals surface area contributed by atoms with E-state index < -0.39 is 0 Å². The van der Waals surface area contributed by atoms with Crippen molar-refractivity contribution in [1.82, 2.24) is 9.80 Å². The summed E-state index contributed by atoms with van der Waals surface area (Å²) in [7, 11) is 1.89. The fourth-order valence-electron chi connectivity index (χ4n) is 4.29. The molecule has 4 rings (SSSR count). The molecule has 5 heteroatoms. The number of halogens is 1. The molecule has 2 aromatic carbocycles. The van der Waals surface area contributed by atoms with Crippen molar-refractivity contribution in [1.29, 1.82) is 0 Å². The number of fused-ring (bicyclic) bond motifs is 1. The zero-order valence-electron chi connectivity index (χ0n) is 15.8. The molecule has 0 radical (unpaired) electrons. The summed E-state index contributed by atoms with van der Waals surface area (Å²) in [4.78, 5) is 29.0. The Morgan fingerprint density at radius 1 is 0.929 bits per heavy atom. The molecular weight excluding hydrogens is 355 g/mol. The lowest BCUT2D eigenvalue weighted by Gasteiger charge is -2.32. The van der Waals surface area contributed by atoms with Crippen molar-refractivity contribution in [3.05, 3.63) is 83.7 Å². The van der Waals surface area contributed by atoms with Crippen LogP contribution < -0.4 is 0 Å². The number of likely N-dealkylation sites (tertiary alicyclic amines) is 1. The Balaban J connectivity index is 1.61. The summed E-state index contributed by atoms with van der Waals surface area (Å²) in [6, 6.07) is 16.0. The van der Waals surface area contributed by atoms with Crippen LogP contribution >= 0.6 is 0 Å². The highest BCUT2D eigenvalue weighted by Crippen LogP contribution is 2.36. The summed E-state index contributed by atoms with van der Waals surface area (Å²) in [6.07, 6.45) is 5.25. The minimum atomic E-state index is -0.292. The van der Waals surface area contributed by atoms with Crippen molar-refractivity contribution in [2.45, 2.75) is 18.9 Å². The summed E-state index contributed by atoms with van der Waals surface area (Å²) in [5.74, 6) is -0.923. The minimum Gasteiger partial charge on any atom is -0.277 e. The molecule has 3 atom stereocenters. The van der Waals surface area contributed by atoms with Crippen molar-refractivity contribution >= 4 is 11.8 Å². The largest absolute Gasteiger partial charge is 0.277 e.